The summed E-state index contributed by atoms with van der Waals surface area (Å²) in [7, 11) is 1.31. The van der Waals surface area contributed by atoms with E-state index in [-0.39, 0.29) is 24.3 Å². The van der Waals surface area contributed by atoms with Crippen LogP contribution in [0.1, 0.15) is 78.6 Å². The van der Waals surface area contributed by atoms with Gasteiger partial charge < -0.3 is 19.4 Å². The number of fused-ring (bicyclic) bond motifs is 1. The Kier molecular flexibility index (Phi) is 9.64. The fourth-order valence-corrected chi connectivity index (χ4v) is 4.39. The van der Waals surface area contributed by atoms with E-state index in [1.807, 2.05) is 55.5 Å². The number of nitrogens with one attached hydrogen (secondary N) is 1. The van der Waals surface area contributed by atoms with Gasteiger partial charge in [-0.05, 0) is 69.0 Å². The van der Waals surface area contributed by atoms with Gasteiger partial charge in [0.05, 0.1) is 12.8 Å². The molecule has 198 valence electrons. The summed E-state index contributed by atoms with van der Waals surface area (Å²) in [6.07, 6.45) is 4.46. The first kappa shape index (κ1) is 28.1. The number of carbonyl (C=O) groups is 3. The minimum Gasteiger partial charge on any atom is -0.468 e. The first-order chi connectivity index (χ1) is 17.7. The van der Waals surface area contributed by atoms with Crippen LogP contribution in [0.4, 0.5) is 0 Å². The van der Waals surface area contributed by atoms with Crippen molar-refractivity contribution in [2.45, 2.75) is 66.0 Å². The van der Waals surface area contributed by atoms with Gasteiger partial charge in [0.15, 0.2) is 0 Å². The summed E-state index contributed by atoms with van der Waals surface area (Å²) >= 11 is 0. The van der Waals surface area contributed by atoms with Crippen molar-refractivity contribution in [2.24, 2.45) is 0 Å². The monoisotopic (exact) mass is 505 g/mol. The normalized spacial score (nSPS) is 11.4. The number of aryl methyl sites for hydroxylation is 2. The zero-order valence-electron chi connectivity index (χ0n) is 22.8. The van der Waals surface area contributed by atoms with Crippen LogP contribution in [0, 0.1) is 0 Å². The van der Waals surface area contributed by atoms with Gasteiger partial charge >= 0.3 is 5.97 Å². The summed E-state index contributed by atoms with van der Waals surface area (Å²) in [5, 5.41) is 3.43. The van der Waals surface area contributed by atoms with Gasteiger partial charge in [0.2, 0.25) is 5.78 Å². The van der Waals surface area contributed by atoms with Crippen molar-refractivity contribution in [3.63, 3.8) is 0 Å². The largest absolute Gasteiger partial charge is 0.468 e. The molecule has 0 aliphatic rings. The Balaban J connectivity index is 1.85. The third kappa shape index (κ3) is 6.86. The molecule has 1 N–H and O–H groups in total. The summed E-state index contributed by atoms with van der Waals surface area (Å²) in [4.78, 5) is 40.1. The number of ketones is 1. The third-order valence-electron chi connectivity index (χ3n) is 6.52. The lowest BCUT2D eigenvalue weighted by Gasteiger charge is -2.25. The predicted molar refractivity (Wildman–Crippen MR) is 146 cm³/mol. The van der Waals surface area contributed by atoms with Crippen molar-refractivity contribution >= 4 is 23.2 Å². The van der Waals surface area contributed by atoms with Crippen LogP contribution in [0.3, 0.4) is 0 Å². The summed E-state index contributed by atoms with van der Waals surface area (Å²) in [5.74, 6) is -0.766. The molecule has 0 aliphatic heterocycles. The second kappa shape index (κ2) is 12.7. The van der Waals surface area contributed by atoms with Gasteiger partial charge in [-0.3, -0.25) is 14.4 Å². The molecule has 0 aliphatic carbocycles. The first-order valence-electron chi connectivity index (χ1n) is 13.0. The van der Waals surface area contributed by atoms with Gasteiger partial charge in [0, 0.05) is 34.9 Å². The van der Waals surface area contributed by atoms with Crippen molar-refractivity contribution in [2.75, 3.05) is 20.2 Å². The number of esters is 1. The fraction of sp³-hybridized carbons (Fsp3) is 0.433. The number of benzene rings is 1. The Morgan fingerprint density at radius 1 is 1.00 bits per heavy atom. The SMILES string of the molecule is CCc1cc2cc(C(=O)N(CC(=O)OC)C(C)C)ccn2c1C(=O)c1ccc(CCCNC(C)C)cc1. The molecule has 3 rings (SSSR count). The van der Waals surface area contributed by atoms with Crippen LogP contribution in [0.25, 0.3) is 5.52 Å². The van der Waals surface area contributed by atoms with Crippen molar-refractivity contribution in [3.05, 3.63) is 76.6 Å². The smallest absolute Gasteiger partial charge is 0.325 e. The minimum atomic E-state index is -0.467. The highest BCUT2D eigenvalue weighted by atomic mass is 16.5. The zero-order valence-corrected chi connectivity index (χ0v) is 22.8. The maximum Gasteiger partial charge on any atom is 0.325 e. The number of rotatable bonds is 12. The fourth-order valence-electron chi connectivity index (χ4n) is 4.39. The summed E-state index contributed by atoms with van der Waals surface area (Å²) < 4.78 is 6.60. The lowest BCUT2D eigenvalue weighted by atomic mass is 10.0. The van der Waals surface area contributed by atoms with Crippen LogP contribution in [-0.2, 0) is 22.4 Å². The summed E-state index contributed by atoms with van der Waals surface area (Å²) in [5.41, 5.74) is 4.61. The molecule has 3 aromatic rings. The average Bonchev–Trinajstić information content (AvgIpc) is 3.26. The number of pyridine rings is 1. The predicted octanol–water partition coefficient (Wildman–Crippen LogP) is 4.69. The molecule has 7 nitrogen and oxygen atoms in total. The van der Waals surface area contributed by atoms with Crippen LogP contribution in [-0.4, -0.2) is 59.2 Å². The van der Waals surface area contributed by atoms with Gasteiger partial charge in [-0.25, -0.2) is 0 Å². The van der Waals surface area contributed by atoms with E-state index in [9.17, 15) is 14.4 Å². The van der Waals surface area contributed by atoms with Gasteiger partial charge in [-0.2, -0.15) is 0 Å². The van der Waals surface area contributed by atoms with Crippen molar-refractivity contribution in [1.82, 2.24) is 14.6 Å². The van der Waals surface area contributed by atoms with E-state index >= 15 is 0 Å². The van der Waals surface area contributed by atoms with Gasteiger partial charge in [0.1, 0.15) is 6.54 Å². The molecule has 1 aromatic carbocycles. The molecule has 2 heterocycles. The molecule has 7 heteroatoms. The van der Waals surface area contributed by atoms with E-state index in [0.717, 1.165) is 30.5 Å². The molecule has 1 amide bonds. The van der Waals surface area contributed by atoms with Crippen LogP contribution in [0.2, 0.25) is 0 Å². The average molecular weight is 506 g/mol. The highest BCUT2D eigenvalue weighted by Gasteiger charge is 2.24. The molecule has 0 fully saturated rings. The molecule has 0 saturated carbocycles. The van der Waals surface area contributed by atoms with E-state index in [4.69, 9.17) is 4.74 Å². The summed E-state index contributed by atoms with van der Waals surface area (Å²) in [6, 6.07) is 13.6. The molecule has 0 spiro atoms. The number of methoxy groups -OCH3 is 1. The van der Waals surface area contributed by atoms with Crippen molar-refractivity contribution in [1.29, 1.82) is 0 Å². The topological polar surface area (TPSA) is 80.1 Å². The quantitative estimate of drug-likeness (QED) is 0.220. The lowest BCUT2D eigenvalue weighted by Crippen LogP contribution is -2.41. The van der Waals surface area contributed by atoms with E-state index in [2.05, 4.69) is 19.2 Å². The number of carbonyl (C=O) groups excluding carboxylic acids is 3. The number of amides is 1. The molecule has 2 aromatic heterocycles. The number of aromatic nitrogens is 1. The molecule has 0 unspecified atom stereocenters. The first-order valence-corrected chi connectivity index (χ1v) is 13.0. The molecular formula is C30H39N3O4. The third-order valence-corrected chi connectivity index (χ3v) is 6.52. The van der Waals surface area contributed by atoms with Crippen LogP contribution >= 0.6 is 0 Å². The summed E-state index contributed by atoms with van der Waals surface area (Å²) in [6.45, 7) is 10.9. The molecule has 0 bridgehead atoms. The number of hydrogen-bond acceptors (Lipinski definition) is 5. The minimum absolute atomic E-state index is 0.0431. The van der Waals surface area contributed by atoms with Gasteiger partial charge in [0.25, 0.3) is 5.91 Å². The van der Waals surface area contributed by atoms with E-state index in [1.54, 1.807) is 18.3 Å². The highest BCUT2D eigenvalue weighted by Crippen LogP contribution is 2.23. The van der Waals surface area contributed by atoms with E-state index in [0.29, 0.717) is 29.3 Å². The molecule has 0 atom stereocenters. The van der Waals surface area contributed by atoms with Crippen LogP contribution < -0.4 is 5.32 Å². The standard InChI is InChI=1S/C30H39N3O4/c1-7-23-17-26-18-25(30(36)33(21(4)5)19-27(34)37-6)14-16-32(26)28(23)29(35)24-12-10-22(11-13-24)9-8-15-31-20(2)3/h10-14,16-18,20-21,31H,7-9,15,19H2,1-6H3. The lowest BCUT2D eigenvalue weighted by molar-refractivity contribution is -0.141. The Hall–Kier alpha value is -3.45. The molecule has 37 heavy (non-hydrogen) atoms. The van der Waals surface area contributed by atoms with Crippen LogP contribution in [0.5, 0.6) is 0 Å². The van der Waals surface area contributed by atoms with Crippen LogP contribution in [0.15, 0.2) is 48.7 Å². The van der Waals surface area contributed by atoms with Crippen molar-refractivity contribution in [3.8, 4) is 0 Å². The Morgan fingerprint density at radius 2 is 1.70 bits per heavy atom. The van der Waals surface area contributed by atoms with E-state index in [1.165, 1.54) is 17.6 Å². The second-order valence-electron chi connectivity index (χ2n) is 9.92. The maximum atomic E-state index is 13.6. The zero-order chi connectivity index (χ0) is 27.1. The Morgan fingerprint density at radius 3 is 2.30 bits per heavy atom. The van der Waals surface area contributed by atoms with E-state index < -0.39 is 5.97 Å². The highest BCUT2D eigenvalue weighted by molar-refractivity contribution is 6.10. The second-order valence-corrected chi connectivity index (χ2v) is 9.92. The van der Waals surface area contributed by atoms with Gasteiger partial charge in [-0.1, -0.05) is 45.0 Å². The Bertz CT molecular complexity index is 1240. The number of hydrogen-bond donors (Lipinski definition) is 1. The molecule has 0 saturated heterocycles. The molecular weight excluding hydrogens is 466 g/mol. The van der Waals surface area contributed by atoms with Crippen molar-refractivity contribution < 1.29 is 19.1 Å². The number of ether oxygens (including phenoxy) is 1. The van der Waals surface area contributed by atoms with Gasteiger partial charge in [-0.15, -0.1) is 0 Å². The number of nitrogens with zero attached hydrogens (tertiary/aromatic N) is 2. The maximum absolute atomic E-state index is 13.6. The molecule has 0 radical (unpaired) electrons. The Labute approximate surface area is 219 Å².